The van der Waals surface area contributed by atoms with Gasteiger partial charge < -0.3 is 14.5 Å². The smallest absolute Gasteiger partial charge is 0.277 e. The van der Waals surface area contributed by atoms with Crippen LogP contribution in [0.1, 0.15) is 0 Å². The summed E-state index contributed by atoms with van der Waals surface area (Å²) in [6, 6.07) is 14.7. The molecular formula is C17H14BrN3O3S. The van der Waals surface area contributed by atoms with E-state index in [1.165, 1.54) is 11.8 Å². The monoisotopic (exact) mass is 419 g/mol. The Morgan fingerprint density at radius 2 is 2.08 bits per heavy atom. The zero-order valence-corrected chi connectivity index (χ0v) is 15.6. The Morgan fingerprint density at radius 3 is 2.88 bits per heavy atom. The molecule has 128 valence electrons. The van der Waals surface area contributed by atoms with E-state index in [0.29, 0.717) is 22.6 Å². The fourth-order valence-corrected chi connectivity index (χ4v) is 3.05. The summed E-state index contributed by atoms with van der Waals surface area (Å²) < 4.78 is 11.6. The van der Waals surface area contributed by atoms with Gasteiger partial charge in [-0.15, -0.1) is 10.2 Å². The number of halogens is 1. The molecule has 0 radical (unpaired) electrons. The quantitative estimate of drug-likeness (QED) is 0.602. The van der Waals surface area contributed by atoms with Crippen molar-refractivity contribution in [2.75, 3.05) is 18.2 Å². The number of methoxy groups -OCH3 is 1. The number of benzene rings is 2. The Morgan fingerprint density at radius 1 is 1.24 bits per heavy atom. The van der Waals surface area contributed by atoms with Crippen molar-refractivity contribution < 1.29 is 13.9 Å². The summed E-state index contributed by atoms with van der Waals surface area (Å²) in [6.45, 7) is 0. The molecule has 1 heterocycles. The van der Waals surface area contributed by atoms with Crippen molar-refractivity contribution in [1.29, 1.82) is 0 Å². The summed E-state index contributed by atoms with van der Waals surface area (Å²) in [5.41, 5.74) is 1.48. The molecule has 6 nitrogen and oxygen atoms in total. The molecule has 0 aliphatic heterocycles. The highest BCUT2D eigenvalue weighted by Crippen LogP contribution is 2.29. The fraction of sp³-hybridized carbons (Fsp3) is 0.118. The maximum absolute atomic E-state index is 12.0. The number of aromatic nitrogens is 2. The van der Waals surface area contributed by atoms with E-state index in [-0.39, 0.29) is 11.7 Å². The minimum Gasteiger partial charge on any atom is -0.497 e. The first-order valence-corrected chi connectivity index (χ1v) is 9.08. The van der Waals surface area contributed by atoms with E-state index in [9.17, 15) is 4.79 Å². The number of amides is 1. The fourth-order valence-electron chi connectivity index (χ4n) is 2.04. The lowest BCUT2D eigenvalue weighted by molar-refractivity contribution is -0.113. The van der Waals surface area contributed by atoms with Crippen molar-refractivity contribution in [3.63, 3.8) is 0 Å². The molecule has 25 heavy (non-hydrogen) atoms. The maximum atomic E-state index is 12.0. The summed E-state index contributed by atoms with van der Waals surface area (Å²) in [5, 5.41) is 11.1. The molecular weight excluding hydrogens is 406 g/mol. The van der Waals surface area contributed by atoms with Gasteiger partial charge in [0, 0.05) is 16.2 Å². The van der Waals surface area contributed by atoms with Crippen LogP contribution in [0.25, 0.3) is 11.5 Å². The van der Waals surface area contributed by atoms with Crippen LogP contribution in [-0.4, -0.2) is 29.0 Å². The van der Waals surface area contributed by atoms with Crippen molar-refractivity contribution >= 4 is 39.3 Å². The van der Waals surface area contributed by atoms with Crippen LogP contribution in [0.5, 0.6) is 5.75 Å². The van der Waals surface area contributed by atoms with Crippen molar-refractivity contribution in [3.05, 3.63) is 53.0 Å². The summed E-state index contributed by atoms with van der Waals surface area (Å²) in [4.78, 5) is 12.0. The van der Waals surface area contributed by atoms with Crippen LogP contribution >= 0.6 is 27.7 Å². The zero-order chi connectivity index (χ0) is 17.6. The number of hydrogen-bond donors (Lipinski definition) is 1. The third-order valence-electron chi connectivity index (χ3n) is 3.19. The summed E-state index contributed by atoms with van der Waals surface area (Å²) in [7, 11) is 1.58. The van der Waals surface area contributed by atoms with Crippen molar-refractivity contribution in [3.8, 4) is 17.2 Å². The lowest BCUT2D eigenvalue weighted by Crippen LogP contribution is -2.13. The van der Waals surface area contributed by atoms with Gasteiger partial charge in [0.2, 0.25) is 11.8 Å². The molecule has 0 bridgehead atoms. The van der Waals surface area contributed by atoms with Crippen LogP contribution in [-0.2, 0) is 4.79 Å². The minimum absolute atomic E-state index is 0.162. The molecule has 0 unspecified atom stereocenters. The maximum Gasteiger partial charge on any atom is 0.277 e. The first kappa shape index (κ1) is 17.5. The van der Waals surface area contributed by atoms with Crippen LogP contribution in [0.3, 0.4) is 0 Å². The predicted molar refractivity (Wildman–Crippen MR) is 99.8 cm³/mol. The summed E-state index contributed by atoms with van der Waals surface area (Å²) in [6.07, 6.45) is 0. The first-order chi connectivity index (χ1) is 12.2. The van der Waals surface area contributed by atoms with Gasteiger partial charge in [0.1, 0.15) is 5.75 Å². The standard InChI is InChI=1S/C17H14BrN3O3S/c1-23-12-6-4-5-11(9-12)19-15(22)10-25-17-21-20-16(24-17)13-7-2-3-8-14(13)18/h2-9H,10H2,1H3,(H,19,22). The number of ether oxygens (including phenoxy) is 1. The molecule has 3 rings (SSSR count). The second-order valence-corrected chi connectivity index (χ2v) is 6.70. The number of rotatable bonds is 6. The highest BCUT2D eigenvalue weighted by atomic mass is 79.9. The molecule has 0 spiro atoms. The van der Waals surface area contributed by atoms with Gasteiger partial charge in [-0.3, -0.25) is 4.79 Å². The third kappa shape index (κ3) is 4.61. The van der Waals surface area contributed by atoms with Crippen LogP contribution in [0.4, 0.5) is 5.69 Å². The van der Waals surface area contributed by atoms with E-state index in [2.05, 4.69) is 31.4 Å². The summed E-state index contributed by atoms with van der Waals surface area (Å²) >= 11 is 4.62. The molecule has 0 atom stereocenters. The number of anilines is 1. The van der Waals surface area contributed by atoms with Gasteiger partial charge in [-0.1, -0.05) is 30.0 Å². The topological polar surface area (TPSA) is 77.2 Å². The van der Waals surface area contributed by atoms with Crippen molar-refractivity contribution in [1.82, 2.24) is 10.2 Å². The van der Waals surface area contributed by atoms with Crippen LogP contribution < -0.4 is 10.1 Å². The molecule has 0 saturated carbocycles. The van der Waals surface area contributed by atoms with Gasteiger partial charge in [0.05, 0.1) is 18.4 Å². The lowest BCUT2D eigenvalue weighted by Gasteiger charge is -2.05. The third-order valence-corrected chi connectivity index (χ3v) is 4.70. The number of carbonyl (C=O) groups is 1. The van der Waals surface area contributed by atoms with Crippen LogP contribution in [0.2, 0.25) is 0 Å². The first-order valence-electron chi connectivity index (χ1n) is 7.31. The molecule has 1 N–H and O–H groups in total. The average Bonchev–Trinajstić information content (AvgIpc) is 3.09. The van der Waals surface area contributed by atoms with E-state index in [4.69, 9.17) is 9.15 Å². The highest BCUT2D eigenvalue weighted by Gasteiger charge is 2.13. The Bertz CT molecular complexity index is 885. The van der Waals surface area contributed by atoms with Crippen molar-refractivity contribution in [2.24, 2.45) is 0 Å². The van der Waals surface area contributed by atoms with E-state index in [1.54, 1.807) is 19.2 Å². The molecule has 8 heteroatoms. The number of carbonyl (C=O) groups excluding carboxylic acids is 1. The Labute approximate surface area is 157 Å². The number of nitrogens with zero attached hydrogens (tertiary/aromatic N) is 2. The van der Waals surface area contributed by atoms with E-state index in [1.807, 2.05) is 36.4 Å². The van der Waals surface area contributed by atoms with Crippen molar-refractivity contribution in [2.45, 2.75) is 5.22 Å². The minimum atomic E-state index is -0.168. The molecule has 0 saturated heterocycles. The molecule has 1 amide bonds. The van der Waals surface area contributed by atoms with Gasteiger partial charge in [0.15, 0.2) is 0 Å². The lowest BCUT2D eigenvalue weighted by atomic mass is 10.2. The summed E-state index contributed by atoms with van der Waals surface area (Å²) in [5.74, 6) is 1.08. The van der Waals surface area contributed by atoms with Gasteiger partial charge in [-0.2, -0.15) is 0 Å². The highest BCUT2D eigenvalue weighted by molar-refractivity contribution is 9.10. The second kappa shape index (κ2) is 8.17. The van der Waals surface area contributed by atoms with E-state index < -0.39 is 0 Å². The largest absolute Gasteiger partial charge is 0.497 e. The second-order valence-electron chi connectivity index (χ2n) is 4.92. The predicted octanol–water partition coefficient (Wildman–Crippen LogP) is 4.24. The zero-order valence-electron chi connectivity index (χ0n) is 13.2. The molecule has 1 aromatic heterocycles. The Balaban J connectivity index is 1.58. The van der Waals surface area contributed by atoms with Crippen LogP contribution in [0.15, 0.2) is 62.6 Å². The molecule has 0 aliphatic rings. The number of hydrogen-bond acceptors (Lipinski definition) is 6. The van der Waals surface area contributed by atoms with Gasteiger partial charge in [-0.25, -0.2) is 0 Å². The van der Waals surface area contributed by atoms with Crippen LogP contribution in [0, 0.1) is 0 Å². The Kier molecular flexibility index (Phi) is 5.72. The number of thioether (sulfide) groups is 1. The molecule has 0 fully saturated rings. The SMILES string of the molecule is COc1cccc(NC(=O)CSc2nnc(-c3ccccc3Br)o2)c1. The molecule has 2 aromatic carbocycles. The molecule has 3 aromatic rings. The Hall–Kier alpha value is -2.32. The molecule has 0 aliphatic carbocycles. The normalized spacial score (nSPS) is 10.5. The van der Waals surface area contributed by atoms with E-state index >= 15 is 0 Å². The van der Waals surface area contributed by atoms with E-state index in [0.717, 1.165) is 10.0 Å². The van der Waals surface area contributed by atoms with Gasteiger partial charge >= 0.3 is 0 Å². The number of nitrogens with one attached hydrogen (secondary N) is 1. The van der Waals surface area contributed by atoms with Gasteiger partial charge in [0.25, 0.3) is 5.22 Å². The average molecular weight is 420 g/mol. The van der Waals surface area contributed by atoms with Gasteiger partial charge in [-0.05, 0) is 40.2 Å².